The molecule has 0 saturated carbocycles. The lowest BCUT2D eigenvalue weighted by Crippen LogP contribution is -2.42. The second-order valence-electron chi connectivity index (χ2n) is 5.27. The molecule has 1 heterocycles. The van der Waals surface area contributed by atoms with E-state index >= 15 is 0 Å². The Morgan fingerprint density at radius 2 is 1.87 bits per heavy atom. The first-order valence-electron chi connectivity index (χ1n) is 6.87. The Morgan fingerprint density at radius 3 is 2.43 bits per heavy atom. The molecule has 0 aliphatic rings. The summed E-state index contributed by atoms with van der Waals surface area (Å²) >= 11 is 0. The lowest BCUT2D eigenvalue weighted by molar-refractivity contribution is 0.0837. The van der Waals surface area contributed by atoms with Gasteiger partial charge in [0.25, 0.3) is 5.91 Å². The SMILES string of the molecule is CN(C)CCCN(C(=N)N)C(=O)c1cc2ccccc2[nH]1.Cl.Cl. The highest BCUT2D eigenvalue weighted by Crippen LogP contribution is 2.16. The van der Waals surface area contributed by atoms with Crippen molar-refractivity contribution in [2.45, 2.75) is 6.42 Å². The summed E-state index contributed by atoms with van der Waals surface area (Å²) in [5.74, 6) is -0.491. The Hall–Kier alpha value is -1.76. The first-order valence-corrected chi connectivity index (χ1v) is 6.87. The van der Waals surface area contributed by atoms with E-state index in [9.17, 15) is 4.79 Å². The van der Waals surface area contributed by atoms with Crippen LogP contribution in [0.1, 0.15) is 16.9 Å². The number of halogens is 2. The molecule has 4 N–H and O–H groups in total. The van der Waals surface area contributed by atoms with Crippen LogP contribution in [0.15, 0.2) is 30.3 Å². The summed E-state index contributed by atoms with van der Waals surface area (Å²) in [5.41, 5.74) is 6.90. The van der Waals surface area contributed by atoms with E-state index in [1.165, 1.54) is 4.90 Å². The lowest BCUT2D eigenvalue weighted by atomic mass is 10.2. The van der Waals surface area contributed by atoms with Crippen LogP contribution in [-0.2, 0) is 0 Å². The summed E-state index contributed by atoms with van der Waals surface area (Å²) in [7, 11) is 3.94. The zero-order valence-electron chi connectivity index (χ0n) is 13.2. The maximum Gasteiger partial charge on any atom is 0.276 e. The van der Waals surface area contributed by atoms with Crippen LogP contribution in [-0.4, -0.2) is 53.8 Å². The van der Waals surface area contributed by atoms with Gasteiger partial charge in [0.2, 0.25) is 0 Å². The van der Waals surface area contributed by atoms with E-state index in [4.69, 9.17) is 11.1 Å². The Kier molecular flexibility index (Phi) is 8.68. The summed E-state index contributed by atoms with van der Waals surface area (Å²) in [6, 6.07) is 9.47. The molecular weight excluding hydrogens is 337 g/mol. The highest BCUT2D eigenvalue weighted by molar-refractivity contribution is 6.05. The van der Waals surface area contributed by atoms with Crippen molar-refractivity contribution in [1.82, 2.24) is 14.8 Å². The average Bonchev–Trinajstić information content (AvgIpc) is 2.86. The number of benzene rings is 1. The van der Waals surface area contributed by atoms with E-state index in [0.717, 1.165) is 23.9 Å². The molecule has 0 aliphatic carbocycles. The number of H-pyrrole nitrogens is 1. The van der Waals surface area contributed by atoms with Crippen LogP contribution < -0.4 is 5.73 Å². The maximum absolute atomic E-state index is 12.5. The fourth-order valence-corrected chi connectivity index (χ4v) is 2.21. The zero-order valence-corrected chi connectivity index (χ0v) is 14.8. The van der Waals surface area contributed by atoms with Gasteiger partial charge in [-0.1, -0.05) is 18.2 Å². The standard InChI is InChI=1S/C15H21N5O.2ClH/c1-19(2)8-5-9-20(15(16)17)14(21)13-10-11-6-3-4-7-12(11)18-13;;/h3-4,6-7,10,18H,5,8-9H2,1-2H3,(H3,16,17);2*1H. The first-order chi connectivity index (χ1) is 9.99. The van der Waals surface area contributed by atoms with Crippen LogP contribution in [0.2, 0.25) is 0 Å². The van der Waals surface area contributed by atoms with Crippen molar-refractivity contribution in [3.63, 3.8) is 0 Å². The molecule has 0 saturated heterocycles. The van der Waals surface area contributed by atoms with Crippen molar-refractivity contribution in [3.05, 3.63) is 36.0 Å². The van der Waals surface area contributed by atoms with Crippen LogP contribution in [0.5, 0.6) is 0 Å². The quantitative estimate of drug-likeness (QED) is 0.565. The maximum atomic E-state index is 12.5. The van der Waals surface area contributed by atoms with Crippen molar-refractivity contribution in [3.8, 4) is 0 Å². The number of hydrogen-bond acceptors (Lipinski definition) is 3. The van der Waals surface area contributed by atoms with Gasteiger partial charge in [-0.15, -0.1) is 24.8 Å². The third kappa shape index (κ3) is 5.42. The number of para-hydroxylation sites is 1. The smallest absolute Gasteiger partial charge is 0.276 e. The van der Waals surface area contributed by atoms with Gasteiger partial charge in [-0.25, -0.2) is 0 Å². The summed E-state index contributed by atoms with van der Waals surface area (Å²) in [5, 5.41) is 8.58. The number of aromatic nitrogens is 1. The summed E-state index contributed by atoms with van der Waals surface area (Å²) in [6.07, 6.45) is 0.762. The number of nitrogens with zero attached hydrogens (tertiary/aromatic N) is 2. The molecule has 8 heteroatoms. The van der Waals surface area contributed by atoms with Crippen molar-refractivity contribution in [1.29, 1.82) is 5.41 Å². The van der Waals surface area contributed by atoms with Gasteiger partial charge in [0.1, 0.15) is 5.69 Å². The Morgan fingerprint density at radius 1 is 1.22 bits per heavy atom. The molecule has 0 atom stereocenters. The van der Waals surface area contributed by atoms with E-state index in [0.29, 0.717) is 12.2 Å². The Bertz CT molecular complexity index is 623. The lowest BCUT2D eigenvalue weighted by Gasteiger charge is -2.20. The van der Waals surface area contributed by atoms with Gasteiger partial charge in [-0.2, -0.15) is 0 Å². The van der Waals surface area contributed by atoms with Gasteiger partial charge in [0.05, 0.1) is 0 Å². The topological polar surface area (TPSA) is 89.2 Å². The van der Waals surface area contributed by atoms with E-state index in [1.807, 2.05) is 43.3 Å². The number of carbonyl (C=O) groups excluding carboxylic acids is 1. The minimum absolute atomic E-state index is 0. The molecule has 0 bridgehead atoms. The number of guanidine groups is 1. The van der Waals surface area contributed by atoms with Crippen LogP contribution in [0.3, 0.4) is 0 Å². The molecule has 2 aromatic rings. The van der Waals surface area contributed by atoms with Gasteiger partial charge < -0.3 is 15.6 Å². The van der Waals surface area contributed by atoms with Gasteiger partial charge in [0.15, 0.2) is 5.96 Å². The van der Waals surface area contributed by atoms with E-state index in [2.05, 4.69) is 4.98 Å². The van der Waals surface area contributed by atoms with Crippen molar-refractivity contribution in [2.75, 3.05) is 27.2 Å². The summed E-state index contributed by atoms with van der Waals surface area (Å²) in [6.45, 7) is 1.27. The molecule has 128 valence electrons. The van der Waals surface area contributed by atoms with Crippen LogP contribution in [0, 0.1) is 5.41 Å². The predicted octanol–water partition coefficient (Wildman–Crippen LogP) is 2.30. The average molecular weight is 360 g/mol. The fraction of sp³-hybridized carbons (Fsp3) is 0.333. The van der Waals surface area contributed by atoms with Crippen LogP contribution >= 0.6 is 24.8 Å². The highest BCUT2D eigenvalue weighted by Gasteiger charge is 2.19. The monoisotopic (exact) mass is 359 g/mol. The van der Waals surface area contributed by atoms with Gasteiger partial charge >= 0.3 is 0 Å². The molecule has 0 spiro atoms. The number of aromatic amines is 1. The number of amides is 1. The van der Waals surface area contributed by atoms with E-state index in [1.54, 1.807) is 6.07 Å². The minimum Gasteiger partial charge on any atom is -0.370 e. The fourth-order valence-electron chi connectivity index (χ4n) is 2.21. The van der Waals surface area contributed by atoms with Gasteiger partial charge in [-0.05, 0) is 39.2 Å². The minimum atomic E-state index is -0.266. The second kappa shape index (κ2) is 9.39. The molecule has 0 aliphatic heterocycles. The second-order valence-corrected chi connectivity index (χ2v) is 5.27. The molecule has 6 nitrogen and oxygen atoms in total. The molecule has 2 rings (SSSR count). The predicted molar refractivity (Wildman–Crippen MR) is 98.9 cm³/mol. The summed E-state index contributed by atoms with van der Waals surface area (Å²) < 4.78 is 0. The van der Waals surface area contributed by atoms with Crippen molar-refractivity contribution < 1.29 is 4.79 Å². The van der Waals surface area contributed by atoms with Crippen LogP contribution in [0.25, 0.3) is 10.9 Å². The van der Waals surface area contributed by atoms with Crippen molar-refractivity contribution in [2.24, 2.45) is 5.73 Å². The van der Waals surface area contributed by atoms with Gasteiger partial charge in [-0.3, -0.25) is 15.1 Å². The molecule has 1 amide bonds. The molecule has 0 fully saturated rings. The summed E-state index contributed by atoms with van der Waals surface area (Å²) in [4.78, 5) is 18.9. The molecule has 23 heavy (non-hydrogen) atoms. The highest BCUT2D eigenvalue weighted by atomic mass is 35.5. The number of carbonyl (C=O) groups is 1. The van der Waals surface area contributed by atoms with Gasteiger partial charge in [0, 0.05) is 17.4 Å². The molecular formula is C15H23Cl2N5O. The number of hydrogen-bond donors (Lipinski definition) is 3. The van der Waals surface area contributed by atoms with Crippen LogP contribution in [0.4, 0.5) is 0 Å². The number of fused-ring (bicyclic) bond motifs is 1. The third-order valence-electron chi connectivity index (χ3n) is 3.28. The molecule has 1 aromatic carbocycles. The first kappa shape index (κ1) is 21.2. The molecule has 0 unspecified atom stereocenters. The number of nitrogens with two attached hydrogens (primary N) is 1. The van der Waals surface area contributed by atoms with Crippen molar-refractivity contribution >= 4 is 47.6 Å². The normalized spacial score (nSPS) is 10.0. The Balaban J connectivity index is 0.00000242. The van der Waals surface area contributed by atoms with E-state index in [-0.39, 0.29) is 36.7 Å². The zero-order chi connectivity index (χ0) is 15.4. The molecule has 0 radical (unpaired) electrons. The number of rotatable bonds is 5. The largest absolute Gasteiger partial charge is 0.370 e. The van der Waals surface area contributed by atoms with E-state index < -0.39 is 0 Å². The third-order valence-corrected chi connectivity index (χ3v) is 3.28. The number of nitrogens with one attached hydrogen (secondary N) is 2. The molecule has 1 aromatic heterocycles. The Labute approximate surface area is 148 Å².